The first-order chi connectivity index (χ1) is 14.6. The maximum Gasteiger partial charge on any atom is 0.307 e. The number of fused-ring (bicyclic) bond motifs is 2. The third-order valence-corrected chi connectivity index (χ3v) is 6.20. The van der Waals surface area contributed by atoms with E-state index < -0.39 is 0 Å². The smallest absolute Gasteiger partial charge is 0.307 e. The van der Waals surface area contributed by atoms with E-state index in [2.05, 4.69) is 5.32 Å². The van der Waals surface area contributed by atoms with Gasteiger partial charge in [0.2, 0.25) is 0 Å². The molecular weight excluding hydrogens is 420 g/mol. The van der Waals surface area contributed by atoms with E-state index in [1.165, 1.54) is 4.57 Å². The Morgan fingerprint density at radius 3 is 2.67 bits per heavy atom. The highest BCUT2D eigenvalue weighted by Crippen LogP contribution is 2.46. The molecule has 0 bridgehead atoms. The number of halogens is 1. The van der Waals surface area contributed by atoms with Gasteiger partial charge < -0.3 is 10.1 Å². The van der Waals surface area contributed by atoms with Crippen LogP contribution in [0, 0.1) is 0 Å². The minimum atomic E-state index is -0.300. The van der Waals surface area contributed by atoms with Crippen molar-refractivity contribution >= 4 is 40.7 Å². The van der Waals surface area contributed by atoms with Crippen LogP contribution in [0.3, 0.4) is 0 Å². The molecule has 0 atom stereocenters. The van der Waals surface area contributed by atoms with Crippen LogP contribution in [-0.4, -0.2) is 10.5 Å². The van der Waals surface area contributed by atoms with Crippen LogP contribution < -0.4 is 10.9 Å². The second-order valence-electron chi connectivity index (χ2n) is 7.00. The van der Waals surface area contributed by atoms with Gasteiger partial charge in [-0.15, -0.1) is 0 Å². The van der Waals surface area contributed by atoms with Crippen molar-refractivity contribution in [2.45, 2.75) is 42.7 Å². The highest BCUT2D eigenvalue weighted by molar-refractivity contribution is 7.99. The highest BCUT2D eigenvalue weighted by Gasteiger charge is 2.23. The highest BCUT2D eigenvalue weighted by atomic mass is 35.5. The molecule has 0 radical (unpaired) electrons. The lowest BCUT2D eigenvalue weighted by molar-refractivity contribution is -0.147. The maximum absolute atomic E-state index is 13.4. The largest absolute Gasteiger partial charge is 0.444 e. The molecule has 0 fully saturated rings. The first-order valence-electron chi connectivity index (χ1n) is 9.79. The molecule has 2 aromatic carbocycles. The molecular formula is C23H21ClN2O3S. The monoisotopic (exact) mass is 440 g/mol. The van der Waals surface area contributed by atoms with Crippen LogP contribution in [0.1, 0.15) is 26.2 Å². The van der Waals surface area contributed by atoms with E-state index >= 15 is 0 Å². The molecule has 1 aliphatic heterocycles. The number of para-hydroxylation sites is 1. The molecule has 0 saturated heterocycles. The van der Waals surface area contributed by atoms with Crippen molar-refractivity contribution in [1.29, 1.82) is 0 Å². The van der Waals surface area contributed by atoms with Crippen molar-refractivity contribution in [3.05, 3.63) is 70.1 Å². The lowest BCUT2D eigenvalue weighted by atomic mass is 10.0. The molecule has 2 heterocycles. The number of nitrogens with one attached hydrogen (secondary N) is 1. The lowest BCUT2D eigenvalue weighted by Crippen LogP contribution is -2.26. The molecule has 0 unspecified atom stereocenters. The summed E-state index contributed by atoms with van der Waals surface area (Å²) in [6.45, 7) is 1.90. The van der Waals surface area contributed by atoms with Crippen molar-refractivity contribution in [2.24, 2.45) is 0 Å². The second kappa shape index (κ2) is 8.98. The maximum atomic E-state index is 13.4. The minimum Gasteiger partial charge on any atom is -0.444 e. The number of pyridine rings is 1. The first-order valence-corrected chi connectivity index (χ1v) is 11.0. The van der Waals surface area contributed by atoms with Gasteiger partial charge in [0.15, 0.2) is 6.73 Å². The number of carbonyl (C=O) groups excluding carboxylic acids is 1. The molecule has 0 amide bonds. The van der Waals surface area contributed by atoms with Crippen molar-refractivity contribution in [2.75, 3.05) is 5.32 Å². The summed E-state index contributed by atoms with van der Waals surface area (Å²) >= 11 is 7.62. The fraction of sp³-hybridized carbons (Fsp3) is 0.217. The Hall–Kier alpha value is -2.70. The molecule has 5 nitrogen and oxygen atoms in total. The van der Waals surface area contributed by atoms with Crippen molar-refractivity contribution in [1.82, 2.24) is 4.57 Å². The summed E-state index contributed by atoms with van der Waals surface area (Å²) in [5, 5.41) is 4.01. The Balaban J connectivity index is 1.76. The van der Waals surface area contributed by atoms with Gasteiger partial charge in [0, 0.05) is 22.5 Å². The van der Waals surface area contributed by atoms with Gasteiger partial charge in [0.25, 0.3) is 5.56 Å². The SMILES string of the molecule is CCCCC(=O)OCn1cc2c(c(-c3ccc(Cl)cc3)c1=O)Nc1ccccc1S2. The van der Waals surface area contributed by atoms with Crippen LogP contribution in [0.4, 0.5) is 11.4 Å². The van der Waals surface area contributed by atoms with Crippen molar-refractivity contribution in [3.8, 4) is 11.1 Å². The van der Waals surface area contributed by atoms with Gasteiger partial charge in [-0.05, 0) is 36.2 Å². The van der Waals surface area contributed by atoms with Gasteiger partial charge in [-0.2, -0.15) is 0 Å². The predicted molar refractivity (Wildman–Crippen MR) is 121 cm³/mol. The summed E-state index contributed by atoms with van der Waals surface area (Å²) in [5.41, 5.74) is 2.75. The third kappa shape index (κ3) is 4.25. The number of benzene rings is 2. The number of aromatic nitrogens is 1. The molecule has 1 aliphatic rings. The average molecular weight is 441 g/mol. The lowest BCUT2D eigenvalue weighted by Gasteiger charge is -2.24. The molecule has 1 aromatic heterocycles. The van der Waals surface area contributed by atoms with Crippen LogP contribution in [0.15, 0.2) is 69.3 Å². The quantitative estimate of drug-likeness (QED) is 0.369. The minimum absolute atomic E-state index is 0.114. The van der Waals surface area contributed by atoms with Gasteiger partial charge in [-0.1, -0.05) is 61.0 Å². The van der Waals surface area contributed by atoms with Crippen LogP contribution in [-0.2, 0) is 16.3 Å². The van der Waals surface area contributed by atoms with Gasteiger partial charge in [-0.3, -0.25) is 14.2 Å². The van der Waals surface area contributed by atoms with Gasteiger partial charge in [-0.25, -0.2) is 0 Å². The van der Waals surface area contributed by atoms with Crippen LogP contribution in [0.5, 0.6) is 0 Å². The van der Waals surface area contributed by atoms with E-state index in [0.717, 1.165) is 39.6 Å². The third-order valence-electron chi connectivity index (χ3n) is 4.84. The standard InChI is InChI=1S/C23H21ClN2O3S/c1-2-3-8-20(27)29-14-26-13-19-22(25-17-6-4-5-7-18(17)30-19)21(23(26)28)15-9-11-16(24)12-10-15/h4-7,9-13,25H,2-3,8,14H2,1H3. The molecule has 154 valence electrons. The van der Waals surface area contributed by atoms with E-state index in [1.54, 1.807) is 30.1 Å². The Kier molecular flexibility index (Phi) is 6.16. The molecule has 0 saturated carbocycles. The molecule has 0 spiro atoms. The summed E-state index contributed by atoms with van der Waals surface area (Å²) < 4.78 is 6.81. The summed E-state index contributed by atoms with van der Waals surface area (Å²) in [7, 11) is 0. The van der Waals surface area contributed by atoms with E-state index in [9.17, 15) is 9.59 Å². The van der Waals surface area contributed by atoms with E-state index in [-0.39, 0.29) is 18.3 Å². The summed E-state index contributed by atoms with van der Waals surface area (Å²) in [4.78, 5) is 27.3. The summed E-state index contributed by atoms with van der Waals surface area (Å²) in [5.74, 6) is -0.300. The van der Waals surface area contributed by atoms with Crippen molar-refractivity contribution < 1.29 is 9.53 Å². The van der Waals surface area contributed by atoms with E-state index in [0.29, 0.717) is 17.0 Å². The van der Waals surface area contributed by atoms with E-state index in [4.69, 9.17) is 16.3 Å². The normalized spacial score (nSPS) is 11.9. The van der Waals surface area contributed by atoms with Crippen LogP contribution >= 0.6 is 23.4 Å². The topological polar surface area (TPSA) is 60.3 Å². The average Bonchev–Trinajstić information content (AvgIpc) is 2.76. The number of carbonyl (C=O) groups is 1. The Bertz CT molecular complexity index is 1140. The molecule has 4 rings (SSSR count). The van der Waals surface area contributed by atoms with Gasteiger partial charge >= 0.3 is 5.97 Å². The number of hydrogen-bond acceptors (Lipinski definition) is 5. The number of esters is 1. The number of unbranched alkanes of at least 4 members (excludes halogenated alkanes) is 1. The number of hydrogen-bond donors (Lipinski definition) is 1. The molecule has 3 aromatic rings. The number of nitrogens with zero attached hydrogens (tertiary/aromatic N) is 1. The zero-order valence-corrected chi connectivity index (χ0v) is 18.1. The van der Waals surface area contributed by atoms with Crippen LogP contribution in [0.25, 0.3) is 11.1 Å². The number of anilines is 2. The molecule has 7 heteroatoms. The Morgan fingerprint density at radius 2 is 1.90 bits per heavy atom. The number of rotatable bonds is 6. The van der Waals surface area contributed by atoms with E-state index in [1.807, 2.05) is 43.3 Å². The van der Waals surface area contributed by atoms with Gasteiger partial charge in [0.05, 0.1) is 21.8 Å². The Labute approximate surface area is 184 Å². The zero-order valence-electron chi connectivity index (χ0n) is 16.5. The summed E-state index contributed by atoms with van der Waals surface area (Å²) in [6.07, 6.45) is 3.78. The molecule has 0 aliphatic carbocycles. The first kappa shape index (κ1) is 20.6. The van der Waals surface area contributed by atoms with Gasteiger partial charge in [0.1, 0.15) is 0 Å². The second-order valence-corrected chi connectivity index (χ2v) is 8.52. The zero-order chi connectivity index (χ0) is 21.1. The van der Waals surface area contributed by atoms with Crippen LogP contribution in [0.2, 0.25) is 5.02 Å². The fourth-order valence-electron chi connectivity index (χ4n) is 3.27. The predicted octanol–water partition coefficient (Wildman–Crippen LogP) is 6.07. The molecule has 30 heavy (non-hydrogen) atoms. The molecule has 1 N–H and O–H groups in total. The fourth-order valence-corrected chi connectivity index (χ4v) is 4.44. The Morgan fingerprint density at radius 1 is 1.13 bits per heavy atom. The van der Waals surface area contributed by atoms with Crippen molar-refractivity contribution in [3.63, 3.8) is 0 Å². The number of ether oxygens (including phenoxy) is 1. The summed E-state index contributed by atoms with van der Waals surface area (Å²) in [6, 6.07) is 15.1.